The van der Waals surface area contributed by atoms with Gasteiger partial charge in [-0.2, -0.15) is 0 Å². The van der Waals surface area contributed by atoms with Gasteiger partial charge in [-0.05, 0) is 25.1 Å². The monoisotopic (exact) mass is 296 g/mol. The van der Waals surface area contributed by atoms with E-state index in [0.29, 0.717) is 12.4 Å². The van der Waals surface area contributed by atoms with Gasteiger partial charge in [0.1, 0.15) is 12.4 Å². The Morgan fingerprint density at radius 3 is 2.88 bits per heavy atom. The van der Waals surface area contributed by atoms with Gasteiger partial charge in [0.2, 0.25) is 0 Å². The molecule has 0 aliphatic rings. The Bertz CT molecular complexity index is 464. The molecular formula is C13H13BrO3. The molecule has 90 valence electrons. The van der Waals surface area contributed by atoms with E-state index in [-0.39, 0.29) is 0 Å². The van der Waals surface area contributed by atoms with Crippen molar-refractivity contribution in [3.63, 3.8) is 0 Å². The first-order valence-corrected chi connectivity index (χ1v) is 5.76. The highest BCUT2D eigenvalue weighted by atomic mass is 79.9. The number of benzene rings is 1. The van der Waals surface area contributed by atoms with Crippen LogP contribution in [0.2, 0.25) is 0 Å². The van der Waals surface area contributed by atoms with Gasteiger partial charge in [0.25, 0.3) is 0 Å². The van der Waals surface area contributed by atoms with Gasteiger partial charge in [0, 0.05) is 16.1 Å². The second-order valence-corrected chi connectivity index (χ2v) is 4.64. The summed E-state index contributed by atoms with van der Waals surface area (Å²) >= 11 is 3.20. The van der Waals surface area contributed by atoms with Crippen LogP contribution in [-0.2, 0) is 4.79 Å². The number of hydrogen-bond donors (Lipinski definition) is 1. The molecule has 0 aliphatic heterocycles. The highest BCUT2D eigenvalue weighted by Gasteiger charge is 2.02. The predicted octanol–water partition coefficient (Wildman–Crippen LogP) is 3.38. The number of carbonyl (C=O) groups is 1. The molecule has 1 rings (SSSR count). The van der Waals surface area contributed by atoms with Gasteiger partial charge in [0.05, 0.1) is 0 Å². The third kappa shape index (κ3) is 4.87. The largest absolute Gasteiger partial charge is 0.488 e. The van der Waals surface area contributed by atoms with E-state index in [9.17, 15) is 4.79 Å². The summed E-state index contributed by atoms with van der Waals surface area (Å²) in [7, 11) is 0. The van der Waals surface area contributed by atoms with E-state index < -0.39 is 5.97 Å². The van der Waals surface area contributed by atoms with Gasteiger partial charge in [-0.25, -0.2) is 4.79 Å². The van der Waals surface area contributed by atoms with Crippen molar-refractivity contribution < 1.29 is 14.6 Å². The summed E-state index contributed by atoms with van der Waals surface area (Å²) in [5.74, 6) is -0.351. The zero-order chi connectivity index (χ0) is 12.8. The molecular weight excluding hydrogens is 284 g/mol. The molecule has 0 bridgehead atoms. The number of hydrogen-bond acceptors (Lipinski definition) is 2. The number of halogens is 1. The summed E-state index contributed by atoms with van der Waals surface area (Å²) in [6.45, 7) is 5.95. The summed E-state index contributed by atoms with van der Waals surface area (Å²) in [5.41, 5.74) is 1.78. The highest BCUT2D eigenvalue weighted by molar-refractivity contribution is 9.11. The van der Waals surface area contributed by atoms with Crippen molar-refractivity contribution in [1.82, 2.24) is 0 Å². The smallest absolute Gasteiger partial charge is 0.328 e. The summed E-state index contributed by atoms with van der Waals surface area (Å²) in [6, 6.07) is 5.59. The quantitative estimate of drug-likeness (QED) is 0.847. The van der Waals surface area contributed by atoms with Gasteiger partial charge < -0.3 is 9.84 Å². The maximum Gasteiger partial charge on any atom is 0.328 e. The van der Waals surface area contributed by atoms with Gasteiger partial charge in [0.15, 0.2) is 0 Å². The zero-order valence-electron chi connectivity index (χ0n) is 9.44. The fourth-order valence-corrected chi connectivity index (χ4v) is 1.36. The Morgan fingerprint density at radius 1 is 1.59 bits per heavy atom. The summed E-state index contributed by atoms with van der Waals surface area (Å²) in [6.07, 6.45) is 2.60. The van der Waals surface area contributed by atoms with Gasteiger partial charge in [-0.3, -0.25) is 0 Å². The predicted molar refractivity (Wildman–Crippen MR) is 71.4 cm³/mol. The molecule has 4 heteroatoms. The van der Waals surface area contributed by atoms with E-state index >= 15 is 0 Å². The number of ether oxygens (including phenoxy) is 1. The SMILES string of the molecule is C=C(Br)COc1ccc(C)cc1C=CC(=O)O. The highest BCUT2D eigenvalue weighted by Crippen LogP contribution is 2.22. The number of aliphatic carboxylic acids is 1. The van der Waals surface area contributed by atoms with Gasteiger partial charge in [-0.1, -0.05) is 34.1 Å². The van der Waals surface area contributed by atoms with E-state index in [4.69, 9.17) is 9.84 Å². The second kappa shape index (κ2) is 6.25. The molecule has 0 atom stereocenters. The molecule has 17 heavy (non-hydrogen) atoms. The molecule has 0 radical (unpaired) electrons. The lowest BCUT2D eigenvalue weighted by Gasteiger charge is -2.09. The fourth-order valence-electron chi connectivity index (χ4n) is 1.25. The third-order valence-corrected chi connectivity index (χ3v) is 2.18. The molecule has 0 unspecified atom stereocenters. The fraction of sp³-hybridized carbons (Fsp3) is 0.154. The zero-order valence-corrected chi connectivity index (χ0v) is 11.0. The Kier molecular flexibility index (Phi) is 4.97. The Hall–Kier alpha value is -1.55. The van der Waals surface area contributed by atoms with E-state index in [1.165, 1.54) is 6.08 Å². The number of rotatable bonds is 5. The van der Waals surface area contributed by atoms with Crippen molar-refractivity contribution in [2.24, 2.45) is 0 Å². The molecule has 0 aromatic heterocycles. The Morgan fingerprint density at radius 2 is 2.29 bits per heavy atom. The minimum absolute atomic E-state index is 0.344. The minimum atomic E-state index is -0.984. The van der Waals surface area contributed by atoms with Crippen LogP contribution in [0.4, 0.5) is 0 Å². The third-order valence-electron chi connectivity index (χ3n) is 1.96. The van der Waals surface area contributed by atoms with Gasteiger partial charge >= 0.3 is 5.97 Å². The van der Waals surface area contributed by atoms with Crippen LogP contribution in [0.1, 0.15) is 11.1 Å². The van der Waals surface area contributed by atoms with Crippen LogP contribution in [0, 0.1) is 6.92 Å². The van der Waals surface area contributed by atoms with Crippen LogP contribution in [0.5, 0.6) is 5.75 Å². The average Bonchev–Trinajstić information content (AvgIpc) is 2.24. The molecule has 0 heterocycles. The topological polar surface area (TPSA) is 46.5 Å². The standard InChI is InChI=1S/C13H13BrO3/c1-9-3-5-12(17-8-10(2)14)11(7-9)4-6-13(15)16/h3-7H,2,8H2,1H3,(H,15,16). The van der Waals surface area contributed by atoms with Crippen molar-refractivity contribution in [3.8, 4) is 5.75 Å². The maximum absolute atomic E-state index is 10.5. The number of carboxylic acid groups (broad SMARTS) is 1. The van der Waals surface area contributed by atoms with Crippen LogP contribution in [0.15, 0.2) is 35.3 Å². The summed E-state index contributed by atoms with van der Waals surface area (Å²) in [4.78, 5) is 10.5. The van der Waals surface area contributed by atoms with E-state index in [0.717, 1.165) is 21.7 Å². The van der Waals surface area contributed by atoms with E-state index in [1.54, 1.807) is 0 Å². The lowest BCUT2D eigenvalue weighted by molar-refractivity contribution is -0.131. The molecule has 0 amide bonds. The van der Waals surface area contributed by atoms with E-state index in [2.05, 4.69) is 22.5 Å². The number of carboxylic acids is 1. The summed E-state index contributed by atoms with van der Waals surface area (Å²) < 4.78 is 6.22. The van der Waals surface area contributed by atoms with Crippen molar-refractivity contribution in [1.29, 1.82) is 0 Å². The lowest BCUT2D eigenvalue weighted by Crippen LogP contribution is -1.98. The molecule has 1 N–H and O–H groups in total. The molecule has 0 saturated heterocycles. The normalized spacial score (nSPS) is 10.5. The van der Waals surface area contributed by atoms with Crippen molar-refractivity contribution in [2.45, 2.75) is 6.92 Å². The molecule has 1 aromatic carbocycles. The van der Waals surface area contributed by atoms with E-state index in [1.807, 2.05) is 25.1 Å². The first-order valence-electron chi connectivity index (χ1n) is 4.97. The van der Waals surface area contributed by atoms with Crippen LogP contribution < -0.4 is 4.74 Å². The molecule has 0 fully saturated rings. The minimum Gasteiger partial charge on any atom is -0.488 e. The van der Waals surface area contributed by atoms with Crippen LogP contribution in [0.3, 0.4) is 0 Å². The summed E-state index contributed by atoms with van der Waals surface area (Å²) in [5, 5.41) is 8.60. The van der Waals surface area contributed by atoms with Crippen molar-refractivity contribution >= 4 is 28.0 Å². The first kappa shape index (κ1) is 13.5. The molecule has 0 saturated carbocycles. The molecule has 0 aliphatic carbocycles. The van der Waals surface area contributed by atoms with Crippen molar-refractivity contribution in [2.75, 3.05) is 6.61 Å². The van der Waals surface area contributed by atoms with Gasteiger partial charge in [-0.15, -0.1) is 0 Å². The first-order chi connectivity index (χ1) is 7.99. The Labute approximate surface area is 109 Å². The molecule has 3 nitrogen and oxygen atoms in total. The lowest BCUT2D eigenvalue weighted by atomic mass is 10.1. The van der Waals surface area contributed by atoms with Crippen LogP contribution in [0.25, 0.3) is 6.08 Å². The van der Waals surface area contributed by atoms with Crippen molar-refractivity contribution in [3.05, 3.63) is 46.5 Å². The Balaban J connectivity index is 2.95. The van der Waals surface area contributed by atoms with Crippen LogP contribution >= 0.6 is 15.9 Å². The van der Waals surface area contributed by atoms with Crippen LogP contribution in [-0.4, -0.2) is 17.7 Å². The average molecular weight is 297 g/mol. The second-order valence-electron chi connectivity index (χ2n) is 3.52. The maximum atomic E-state index is 10.5. The number of aryl methyl sites for hydroxylation is 1. The molecule has 0 spiro atoms. The molecule has 1 aromatic rings.